The molecule has 3 N–H and O–H groups in total. The van der Waals surface area contributed by atoms with Gasteiger partial charge in [0, 0.05) is 12.2 Å². The van der Waals surface area contributed by atoms with Crippen LogP contribution in [0.3, 0.4) is 0 Å². The number of hydrogen-bond donors (Lipinski definition) is 3. The molecule has 0 heterocycles. The van der Waals surface area contributed by atoms with Crippen LogP contribution in [0.15, 0.2) is 12.2 Å². The molecule has 0 aromatic heterocycles. The van der Waals surface area contributed by atoms with Gasteiger partial charge in [-0.2, -0.15) is 0 Å². The van der Waals surface area contributed by atoms with Crippen molar-refractivity contribution in [1.82, 2.24) is 0 Å². The van der Waals surface area contributed by atoms with Crippen molar-refractivity contribution in [2.75, 3.05) is 6.61 Å². The second-order valence-electron chi connectivity index (χ2n) is 2.11. The summed E-state index contributed by atoms with van der Waals surface area (Å²) < 4.78 is 3.92. The Hall–Kier alpha value is -1.73. The summed E-state index contributed by atoms with van der Waals surface area (Å²) in [5, 5.41) is 25.0. The van der Waals surface area contributed by atoms with Gasteiger partial charge in [-0.3, -0.25) is 0 Å². The highest BCUT2D eigenvalue weighted by Crippen LogP contribution is 1.89. The van der Waals surface area contributed by atoms with Gasteiger partial charge in [0.05, 0.1) is 6.61 Å². The minimum Gasteiger partial charge on any atom is -0.478 e. The summed E-state index contributed by atoms with van der Waals surface area (Å²) >= 11 is 0. The first-order valence-electron chi connectivity index (χ1n) is 3.43. The van der Waals surface area contributed by atoms with Crippen LogP contribution >= 0.6 is 0 Å². The van der Waals surface area contributed by atoms with Crippen LogP contribution in [-0.4, -0.2) is 45.9 Å². The van der Waals surface area contributed by atoms with E-state index in [1.54, 1.807) is 0 Å². The van der Waals surface area contributed by atoms with Crippen molar-refractivity contribution in [2.24, 2.45) is 0 Å². The van der Waals surface area contributed by atoms with Gasteiger partial charge in [0.1, 0.15) is 0 Å². The highest BCUT2D eigenvalue weighted by molar-refractivity contribution is 5.96. The van der Waals surface area contributed by atoms with Gasteiger partial charge in [-0.15, -0.1) is 0 Å². The maximum Gasteiger partial charge on any atom is 0.345 e. The molecular formula is C7H8O7. The van der Waals surface area contributed by atoms with Crippen LogP contribution in [0.4, 0.5) is 0 Å². The van der Waals surface area contributed by atoms with Crippen molar-refractivity contribution in [3.8, 4) is 0 Å². The van der Waals surface area contributed by atoms with Gasteiger partial charge in [0.25, 0.3) is 0 Å². The maximum atomic E-state index is 10.6. The van der Waals surface area contributed by atoms with Crippen molar-refractivity contribution in [1.29, 1.82) is 0 Å². The van der Waals surface area contributed by atoms with E-state index in [0.717, 1.165) is 0 Å². The summed E-state index contributed by atoms with van der Waals surface area (Å²) in [6.45, 7) is -0.880. The number of carbonyl (C=O) groups excluding carboxylic acids is 2. The van der Waals surface area contributed by atoms with E-state index in [0.29, 0.717) is 12.2 Å². The largest absolute Gasteiger partial charge is 0.478 e. The molecule has 0 bridgehead atoms. The molecule has 1 atom stereocenters. The zero-order valence-corrected chi connectivity index (χ0v) is 6.91. The third-order valence-corrected chi connectivity index (χ3v) is 1.01. The van der Waals surface area contributed by atoms with E-state index in [4.69, 9.17) is 15.3 Å². The Bertz CT molecular complexity index is 267. The van der Waals surface area contributed by atoms with Crippen LogP contribution in [0.5, 0.6) is 0 Å². The second kappa shape index (κ2) is 5.84. The lowest BCUT2D eigenvalue weighted by molar-refractivity contribution is -0.164. The predicted molar refractivity (Wildman–Crippen MR) is 41.0 cm³/mol. The highest BCUT2D eigenvalue weighted by atomic mass is 16.6. The van der Waals surface area contributed by atoms with E-state index in [1.165, 1.54) is 0 Å². The van der Waals surface area contributed by atoms with E-state index >= 15 is 0 Å². The molecular weight excluding hydrogens is 196 g/mol. The summed E-state index contributed by atoms with van der Waals surface area (Å²) in [5.74, 6) is -3.95. The summed E-state index contributed by atoms with van der Waals surface area (Å²) in [6, 6.07) is 0. The van der Waals surface area contributed by atoms with E-state index in [2.05, 4.69) is 4.74 Å². The number of aliphatic hydroxyl groups is 2. The summed E-state index contributed by atoms with van der Waals surface area (Å²) in [5.41, 5.74) is 0. The minimum absolute atomic E-state index is 0.473. The van der Waals surface area contributed by atoms with Crippen LogP contribution in [0.2, 0.25) is 0 Å². The van der Waals surface area contributed by atoms with Gasteiger partial charge in [-0.25, -0.2) is 14.4 Å². The lowest BCUT2D eigenvalue weighted by atomic mass is 10.4. The average Bonchev–Trinajstić information content (AvgIpc) is 2.13. The standard InChI is InChI=1S/C7H8O7/c8-3-4(9)7(13)14-6(12)2-1-5(10)11/h1-2,4,8-9H,3H2,(H,10,11)/b2-1+. The van der Waals surface area contributed by atoms with Gasteiger partial charge >= 0.3 is 17.9 Å². The fourth-order valence-corrected chi connectivity index (χ4v) is 0.415. The van der Waals surface area contributed by atoms with E-state index in [9.17, 15) is 14.4 Å². The Kier molecular flexibility index (Phi) is 5.12. The van der Waals surface area contributed by atoms with Gasteiger partial charge in [0.2, 0.25) is 0 Å². The quantitative estimate of drug-likeness (QED) is 0.276. The minimum atomic E-state index is -1.81. The molecule has 0 fully saturated rings. The third-order valence-electron chi connectivity index (χ3n) is 1.01. The summed E-state index contributed by atoms with van der Waals surface area (Å²) in [4.78, 5) is 31.1. The van der Waals surface area contributed by atoms with E-state index in [-0.39, 0.29) is 0 Å². The first kappa shape index (κ1) is 12.3. The number of hydrogen-bond acceptors (Lipinski definition) is 6. The van der Waals surface area contributed by atoms with Crippen molar-refractivity contribution < 1.29 is 34.4 Å². The predicted octanol–water partition coefficient (Wildman–Crippen LogP) is -1.95. The second-order valence-corrected chi connectivity index (χ2v) is 2.11. The monoisotopic (exact) mass is 204 g/mol. The number of carbonyl (C=O) groups is 3. The molecule has 0 aliphatic heterocycles. The molecule has 0 aromatic carbocycles. The fourth-order valence-electron chi connectivity index (χ4n) is 0.415. The molecule has 0 saturated carbocycles. The topological polar surface area (TPSA) is 121 Å². The Morgan fingerprint density at radius 2 is 1.86 bits per heavy atom. The SMILES string of the molecule is O=C(O)/C=C/C(=O)OC(=O)C(O)CO. The number of rotatable bonds is 4. The molecule has 0 rings (SSSR count). The highest BCUT2D eigenvalue weighted by Gasteiger charge is 2.17. The Morgan fingerprint density at radius 3 is 2.29 bits per heavy atom. The average molecular weight is 204 g/mol. The molecule has 0 amide bonds. The van der Waals surface area contributed by atoms with Crippen molar-refractivity contribution >= 4 is 17.9 Å². The molecule has 14 heavy (non-hydrogen) atoms. The summed E-state index contributed by atoms with van der Waals surface area (Å²) in [7, 11) is 0. The molecule has 0 spiro atoms. The Balaban J connectivity index is 4.07. The third kappa shape index (κ3) is 5.01. The fraction of sp³-hybridized carbons (Fsp3) is 0.286. The van der Waals surface area contributed by atoms with Crippen LogP contribution in [0, 0.1) is 0 Å². The smallest absolute Gasteiger partial charge is 0.345 e. The van der Waals surface area contributed by atoms with Gasteiger partial charge in [-0.1, -0.05) is 0 Å². The molecule has 0 aromatic rings. The molecule has 78 valence electrons. The maximum absolute atomic E-state index is 10.6. The first-order valence-corrected chi connectivity index (χ1v) is 3.43. The molecule has 0 aliphatic carbocycles. The normalized spacial score (nSPS) is 12.4. The molecule has 0 aliphatic rings. The van der Waals surface area contributed by atoms with Crippen molar-refractivity contribution in [2.45, 2.75) is 6.10 Å². The number of carboxylic acids is 1. The lowest BCUT2D eigenvalue weighted by Crippen LogP contribution is -2.28. The molecule has 0 saturated heterocycles. The van der Waals surface area contributed by atoms with E-state index in [1.807, 2.05) is 0 Å². The van der Waals surface area contributed by atoms with Crippen LogP contribution in [0.25, 0.3) is 0 Å². The molecule has 7 heteroatoms. The first-order chi connectivity index (χ1) is 6.47. The number of aliphatic carboxylic acids is 1. The Labute approximate surface area is 78.2 Å². The van der Waals surface area contributed by atoms with Crippen LogP contribution in [0.1, 0.15) is 0 Å². The van der Waals surface area contributed by atoms with Crippen LogP contribution < -0.4 is 0 Å². The number of esters is 2. The molecule has 7 nitrogen and oxygen atoms in total. The molecule has 0 radical (unpaired) electrons. The lowest BCUT2D eigenvalue weighted by Gasteiger charge is -2.03. The zero-order chi connectivity index (χ0) is 11.1. The van der Waals surface area contributed by atoms with Gasteiger partial charge < -0.3 is 20.1 Å². The number of carboxylic acid groups (broad SMARTS) is 1. The van der Waals surface area contributed by atoms with Crippen molar-refractivity contribution in [3.63, 3.8) is 0 Å². The van der Waals surface area contributed by atoms with Gasteiger partial charge in [0.15, 0.2) is 6.10 Å². The molecule has 1 unspecified atom stereocenters. The van der Waals surface area contributed by atoms with Crippen LogP contribution in [-0.2, 0) is 19.1 Å². The zero-order valence-electron chi connectivity index (χ0n) is 6.91. The number of ether oxygens (including phenoxy) is 1. The number of aliphatic hydroxyl groups excluding tert-OH is 2. The van der Waals surface area contributed by atoms with Gasteiger partial charge in [-0.05, 0) is 0 Å². The Morgan fingerprint density at radius 1 is 1.29 bits per heavy atom. The summed E-state index contributed by atoms with van der Waals surface area (Å²) in [6.07, 6.45) is -0.831. The van der Waals surface area contributed by atoms with E-state index < -0.39 is 30.6 Å². The van der Waals surface area contributed by atoms with Crippen molar-refractivity contribution in [3.05, 3.63) is 12.2 Å².